The first-order valence-electron chi connectivity index (χ1n) is 9.70. The maximum absolute atomic E-state index is 13.8. The SMILES string of the molecule is O=C(CSc1nnc(CNC(=O)c2ccco2)n1-c1cccc(Cl)c1)Nc1ccccc1F. The number of rotatable bonds is 8. The molecule has 0 fully saturated rings. The number of anilines is 1. The van der Waals surface area contributed by atoms with Gasteiger partial charge >= 0.3 is 0 Å². The molecule has 0 spiro atoms. The van der Waals surface area contributed by atoms with E-state index in [1.54, 1.807) is 53.1 Å². The first-order valence-corrected chi connectivity index (χ1v) is 11.1. The molecular weight excluding hydrogens is 469 g/mol. The second-order valence-electron chi connectivity index (χ2n) is 6.69. The van der Waals surface area contributed by atoms with E-state index in [0.717, 1.165) is 11.8 Å². The minimum absolute atomic E-state index is 0.0359. The van der Waals surface area contributed by atoms with Crippen molar-refractivity contribution in [1.29, 1.82) is 0 Å². The molecule has 8 nitrogen and oxygen atoms in total. The first-order chi connectivity index (χ1) is 16.0. The molecule has 0 radical (unpaired) electrons. The second kappa shape index (κ2) is 10.3. The number of benzene rings is 2. The number of amides is 2. The number of furan rings is 1. The summed E-state index contributed by atoms with van der Waals surface area (Å²) in [6.07, 6.45) is 1.41. The zero-order chi connectivity index (χ0) is 23.2. The maximum atomic E-state index is 13.8. The van der Waals surface area contributed by atoms with Gasteiger partial charge in [0.1, 0.15) is 5.82 Å². The quantitative estimate of drug-likeness (QED) is 0.360. The molecule has 0 saturated heterocycles. The molecule has 0 unspecified atom stereocenters. The minimum atomic E-state index is -0.521. The second-order valence-corrected chi connectivity index (χ2v) is 8.07. The standard InChI is InChI=1S/C22H17ClFN5O3S/c23-14-5-3-6-15(11-14)29-19(12-25-21(31)18-9-4-10-32-18)27-28-22(29)33-13-20(30)26-17-8-2-1-7-16(17)24/h1-11H,12-13H2,(H,25,31)(H,26,30). The topological polar surface area (TPSA) is 102 Å². The smallest absolute Gasteiger partial charge is 0.287 e. The van der Waals surface area contributed by atoms with Gasteiger partial charge in [-0.1, -0.05) is 41.6 Å². The van der Waals surface area contributed by atoms with Crippen LogP contribution in [0.4, 0.5) is 10.1 Å². The van der Waals surface area contributed by atoms with E-state index in [1.807, 2.05) is 0 Å². The van der Waals surface area contributed by atoms with Gasteiger partial charge in [0, 0.05) is 5.02 Å². The number of hydrogen-bond donors (Lipinski definition) is 2. The molecule has 11 heteroatoms. The van der Waals surface area contributed by atoms with Crippen molar-refractivity contribution in [2.45, 2.75) is 11.7 Å². The number of aromatic nitrogens is 3. The predicted molar refractivity (Wildman–Crippen MR) is 122 cm³/mol. The Morgan fingerprint density at radius 1 is 1.09 bits per heavy atom. The van der Waals surface area contributed by atoms with E-state index in [-0.39, 0.29) is 23.7 Å². The van der Waals surface area contributed by atoms with Crippen LogP contribution in [0.2, 0.25) is 5.02 Å². The Morgan fingerprint density at radius 2 is 1.94 bits per heavy atom. The van der Waals surface area contributed by atoms with Crippen molar-refractivity contribution >= 4 is 40.9 Å². The predicted octanol–water partition coefficient (Wildman–Crippen LogP) is 4.31. The summed E-state index contributed by atoms with van der Waals surface area (Å²) in [5, 5.41) is 14.5. The molecule has 168 valence electrons. The van der Waals surface area contributed by atoms with E-state index < -0.39 is 17.6 Å². The molecule has 0 saturated carbocycles. The highest BCUT2D eigenvalue weighted by Gasteiger charge is 2.18. The van der Waals surface area contributed by atoms with E-state index in [9.17, 15) is 14.0 Å². The van der Waals surface area contributed by atoms with Crippen LogP contribution in [0.25, 0.3) is 5.69 Å². The summed E-state index contributed by atoms with van der Waals surface area (Å²) < 4.78 is 20.6. The lowest BCUT2D eigenvalue weighted by atomic mass is 10.3. The summed E-state index contributed by atoms with van der Waals surface area (Å²) in [7, 11) is 0. The Labute approximate surface area is 197 Å². The third kappa shape index (κ3) is 5.60. The van der Waals surface area contributed by atoms with Crippen LogP contribution >= 0.6 is 23.4 Å². The summed E-state index contributed by atoms with van der Waals surface area (Å²) in [6, 6.07) is 16.1. The zero-order valence-electron chi connectivity index (χ0n) is 17.0. The lowest BCUT2D eigenvalue weighted by Gasteiger charge is -2.11. The van der Waals surface area contributed by atoms with Gasteiger partial charge in [0.2, 0.25) is 5.91 Å². The van der Waals surface area contributed by atoms with Crippen molar-refractivity contribution in [2.24, 2.45) is 0 Å². The molecule has 2 N–H and O–H groups in total. The molecule has 2 heterocycles. The Bertz CT molecular complexity index is 1280. The average Bonchev–Trinajstić information content (AvgIpc) is 3.48. The average molecular weight is 486 g/mol. The van der Waals surface area contributed by atoms with Gasteiger partial charge in [0.25, 0.3) is 5.91 Å². The number of nitrogens with zero attached hydrogens (tertiary/aromatic N) is 3. The fourth-order valence-electron chi connectivity index (χ4n) is 2.92. The van der Waals surface area contributed by atoms with E-state index in [2.05, 4.69) is 20.8 Å². The molecule has 0 aliphatic carbocycles. The fraction of sp³-hybridized carbons (Fsp3) is 0.0909. The number of thioether (sulfide) groups is 1. The highest BCUT2D eigenvalue weighted by molar-refractivity contribution is 7.99. The van der Waals surface area contributed by atoms with Gasteiger partial charge in [-0.25, -0.2) is 4.39 Å². The molecule has 2 aromatic carbocycles. The monoisotopic (exact) mass is 485 g/mol. The minimum Gasteiger partial charge on any atom is -0.459 e. The molecule has 33 heavy (non-hydrogen) atoms. The summed E-state index contributed by atoms with van der Waals surface area (Å²) in [5.41, 5.74) is 0.757. The van der Waals surface area contributed by atoms with E-state index >= 15 is 0 Å². The van der Waals surface area contributed by atoms with Crippen molar-refractivity contribution in [2.75, 3.05) is 11.1 Å². The molecule has 4 aromatic rings. The van der Waals surface area contributed by atoms with Crippen LogP contribution in [-0.4, -0.2) is 32.3 Å². The Hall–Kier alpha value is -3.63. The Kier molecular flexibility index (Phi) is 7.06. The molecule has 4 rings (SSSR count). The number of nitrogens with one attached hydrogen (secondary N) is 2. The van der Waals surface area contributed by atoms with Gasteiger partial charge in [0.05, 0.1) is 29.9 Å². The van der Waals surface area contributed by atoms with Gasteiger partial charge in [-0.05, 0) is 42.5 Å². The highest BCUT2D eigenvalue weighted by atomic mass is 35.5. The largest absolute Gasteiger partial charge is 0.459 e. The third-order valence-corrected chi connectivity index (χ3v) is 5.56. The lowest BCUT2D eigenvalue weighted by molar-refractivity contribution is -0.113. The van der Waals surface area contributed by atoms with Crippen molar-refractivity contribution in [3.8, 4) is 5.69 Å². The summed E-state index contributed by atoms with van der Waals surface area (Å²) in [5.74, 6) is -0.770. The molecule has 2 amide bonds. The van der Waals surface area contributed by atoms with Gasteiger partial charge in [-0.2, -0.15) is 0 Å². The van der Waals surface area contributed by atoms with Gasteiger partial charge < -0.3 is 15.1 Å². The van der Waals surface area contributed by atoms with E-state index in [0.29, 0.717) is 21.7 Å². The summed E-state index contributed by atoms with van der Waals surface area (Å²) >= 11 is 7.27. The summed E-state index contributed by atoms with van der Waals surface area (Å²) in [4.78, 5) is 24.6. The number of para-hydroxylation sites is 1. The number of halogens is 2. The maximum Gasteiger partial charge on any atom is 0.287 e. The van der Waals surface area contributed by atoms with Crippen LogP contribution < -0.4 is 10.6 Å². The van der Waals surface area contributed by atoms with Crippen molar-refractivity contribution in [3.05, 3.63) is 89.4 Å². The number of hydrogen-bond acceptors (Lipinski definition) is 6. The molecule has 0 aliphatic heterocycles. The fourth-order valence-corrected chi connectivity index (χ4v) is 3.87. The van der Waals surface area contributed by atoms with Gasteiger partial charge in [-0.3, -0.25) is 14.2 Å². The van der Waals surface area contributed by atoms with Crippen LogP contribution in [0.1, 0.15) is 16.4 Å². The van der Waals surface area contributed by atoms with Crippen molar-refractivity contribution < 1.29 is 18.4 Å². The lowest BCUT2D eigenvalue weighted by Crippen LogP contribution is -2.24. The van der Waals surface area contributed by atoms with Crippen LogP contribution in [0.3, 0.4) is 0 Å². The highest BCUT2D eigenvalue weighted by Crippen LogP contribution is 2.24. The normalized spacial score (nSPS) is 10.7. The molecular formula is C22H17ClFN5O3S. The van der Waals surface area contributed by atoms with Crippen molar-refractivity contribution in [1.82, 2.24) is 20.1 Å². The molecule has 0 atom stereocenters. The van der Waals surface area contributed by atoms with E-state index in [4.69, 9.17) is 16.0 Å². The number of carbonyl (C=O) groups excluding carboxylic acids is 2. The van der Waals surface area contributed by atoms with Crippen LogP contribution in [-0.2, 0) is 11.3 Å². The molecule has 2 aromatic heterocycles. The van der Waals surface area contributed by atoms with Crippen LogP contribution in [0, 0.1) is 5.82 Å². The molecule has 0 bridgehead atoms. The van der Waals surface area contributed by atoms with E-state index in [1.165, 1.54) is 18.4 Å². The van der Waals surface area contributed by atoms with Gasteiger partial charge in [0.15, 0.2) is 16.7 Å². The zero-order valence-corrected chi connectivity index (χ0v) is 18.6. The van der Waals surface area contributed by atoms with Crippen molar-refractivity contribution in [3.63, 3.8) is 0 Å². The summed E-state index contributed by atoms with van der Waals surface area (Å²) in [6.45, 7) is 0.0566. The molecule has 0 aliphatic rings. The first kappa shape index (κ1) is 22.6. The third-order valence-electron chi connectivity index (χ3n) is 4.40. The Morgan fingerprint density at radius 3 is 2.70 bits per heavy atom. The number of carbonyl (C=O) groups is 2. The van der Waals surface area contributed by atoms with Crippen LogP contribution in [0.5, 0.6) is 0 Å². The van der Waals surface area contributed by atoms with Gasteiger partial charge in [-0.15, -0.1) is 10.2 Å². The Balaban J connectivity index is 1.51. The van der Waals surface area contributed by atoms with Crippen LogP contribution in [0.15, 0.2) is 76.5 Å².